The minimum absolute atomic E-state index is 0.0160. The van der Waals surface area contributed by atoms with Crippen molar-refractivity contribution < 1.29 is 9.59 Å². The molecular weight excluding hydrogens is 314 g/mol. The Morgan fingerprint density at radius 2 is 1.52 bits per heavy atom. The van der Waals surface area contributed by atoms with Crippen LogP contribution in [0.5, 0.6) is 0 Å². The summed E-state index contributed by atoms with van der Waals surface area (Å²) in [6, 6.07) is 9.63. The average molecular weight is 335 g/mol. The van der Waals surface area contributed by atoms with E-state index in [9.17, 15) is 9.59 Å². The summed E-state index contributed by atoms with van der Waals surface area (Å²) >= 11 is 0. The fourth-order valence-corrected chi connectivity index (χ4v) is 3.67. The number of piperazine rings is 1. The zero-order valence-electron chi connectivity index (χ0n) is 14.1. The van der Waals surface area contributed by atoms with Crippen LogP contribution in [-0.4, -0.2) is 52.8 Å². The smallest absolute Gasteiger partial charge is 0.255 e. The van der Waals surface area contributed by atoms with E-state index in [1.54, 1.807) is 29.4 Å². The van der Waals surface area contributed by atoms with Gasteiger partial charge in [-0.05, 0) is 54.7 Å². The average Bonchev–Trinajstić information content (AvgIpc) is 3.15. The molecule has 4 rings (SSSR count). The third kappa shape index (κ3) is 3.14. The Balaban J connectivity index is 1.40. The van der Waals surface area contributed by atoms with Crippen LogP contribution in [0.4, 0.5) is 0 Å². The van der Waals surface area contributed by atoms with Crippen molar-refractivity contribution in [3.05, 3.63) is 65.0 Å². The molecule has 0 bridgehead atoms. The van der Waals surface area contributed by atoms with Crippen molar-refractivity contribution in [1.29, 1.82) is 0 Å². The van der Waals surface area contributed by atoms with Crippen molar-refractivity contribution in [2.45, 2.75) is 19.3 Å². The number of aromatic nitrogens is 1. The fourth-order valence-electron chi connectivity index (χ4n) is 3.67. The minimum atomic E-state index is -0.0160. The number of hydrogen-bond acceptors (Lipinski definition) is 3. The first-order chi connectivity index (χ1) is 12.2. The van der Waals surface area contributed by atoms with Gasteiger partial charge in [0.15, 0.2) is 0 Å². The Morgan fingerprint density at radius 1 is 0.840 bits per heavy atom. The van der Waals surface area contributed by atoms with Crippen molar-refractivity contribution in [2.75, 3.05) is 26.2 Å². The lowest BCUT2D eigenvalue weighted by atomic mass is 10.1. The monoisotopic (exact) mass is 335 g/mol. The van der Waals surface area contributed by atoms with Crippen LogP contribution < -0.4 is 0 Å². The molecule has 2 aliphatic rings. The molecule has 0 unspecified atom stereocenters. The highest BCUT2D eigenvalue weighted by molar-refractivity contribution is 5.96. The predicted molar refractivity (Wildman–Crippen MR) is 94.5 cm³/mol. The van der Waals surface area contributed by atoms with Crippen molar-refractivity contribution in [1.82, 2.24) is 14.8 Å². The Hall–Kier alpha value is -2.69. The van der Waals surface area contributed by atoms with E-state index in [-0.39, 0.29) is 11.8 Å². The van der Waals surface area contributed by atoms with Gasteiger partial charge in [-0.15, -0.1) is 0 Å². The van der Waals surface area contributed by atoms with E-state index >= 15 is 0 Å². The Morgan fingerprint density at radius 3 is 2.20 bits per heavy atom. The summed E-state index contributed by atoms with van der Waals surface area (Å²) in [5.41, 5.74) is 4.06. The molecule has 0 N–H and O–H groups in total. The molecule has 1 saturated heterocycles. The van der Waals surface area contributed by atoms with Gasteiger partial charge in [-0.3, -0.25) is 14.6 Å². The van der Waals surface area contributed by atoms with Gasteiger partial charge in [0.1, 0.15) is 0 Å². The van der Waals surface area contributed by atoms with Gasteiger partial charge in [0.25, 0.3) is 11.8 Å². The van der Waals surface area contributed by atoms with Gasteiger partial charge in [-0.1, -0.05) is 6.07 Å². The second-order valence-electron chi connectivity index (χ2n) is 6.66. The summed E-state index contributed by atoms with van der Waals surface area (Å²) in [4.78, 5) is 32.9. The van der Waals surface area contributed by atoms with Crippen LogP contribution in [0.2, 0.25) is 0 Å². The molecule has 5 heteroatoms. The van der Waals surface area contributed by atoms with Gasteiger partial charge < -0.3 is 9.80 Å². The highest BCUT2D eigenvalue weighted by atomic mass is 16.2. The van der Waals surface area contributed by atoms with E-state index in [1.165, 1.54) is 17.5 Å². The number of pyridine rings is 1. The number of benzene rings is 1. The number of aryl methyl sites for hydroxylation is 2. The maximum Gasteiger partial charge on any atom is 0.255 e. The summed E-state index contributed by atoms with van der Waals surface area (Å²) in [5, 5.41) is 0. The molecule has 0 atom stereocenters. The Labute approximate surface area is 147 Å². The first-order valence-electron chi connectivity index (χ1n) is 8.83. The Bertz CT molecular complexity index is 796. The van der Waals surface area contributed by atoms with Gasteiger partial charge >= 0.3 is 0 Å². The summed E-state index contributed by atoms with van der Waals surface area (Å²) in [5.74, 6) is 0.0564. The number of carbonyl (C=O) groups excluding carboxylic acids is 2. The molecule has 2 heterocycles. The zero-order valence-corrected chi connectivity index (χ0v) is 14.1. The standard InChI is InChI=1S/C20H21N3O2/c24-19(17-7-6-15-3-1-4-16(15)13-17)22-9-11-23(12-10-22)20(25)18-5-2-8-21-14-18/h2,5-8,13-14H,1,3-4,9-12H2. The van der Waals surface area contributed by atoms with Crippen LogP contribution in [0.25, 0.3) is 0 Å². The lowest BCUT2D eigenvalue weighted by molar-refractivity contribution is 0.0535. The van der Waals surface area contributed by atoms with Crippen LogP contribution in [0.1, 0.15) is 38.3 Å². The summed E-state index contributed by atoms with van der Waals surface area (Å²) < 4.78 is 0. The van der Waals surface area contributed by atoms with Gasteiger partial charge in [0.05, 0.1) is 5.56 Å². The third-order valence-corrected chi connectivity index (χ3v) is 5.11. The van der Waals surface area contributed by atoms with Gasteiger partial charge in [-0.25, -0.2) is 0 Å². The van der Waals surface area contributed by atoms with Crippen LogP contribution in [0.15, 0.2) is 42.7 Å². The molecule has 0 saturated carbocycles. The molecule has 25 heavy (non-hydrogen) atoms. The number of carbonyl (C=O) groups is 2. The minimum Gasteiger partial charge on any atom is -0.335 e. The number of hydrogen-bond donors (Lipinski definition) is 0. The van der Waals surface area contributed by atoms with Crippen LogP contribution >= 0.6 is 0 Å². The van der Waals surface area contributed by atoms with Gasteiger partial charge in [0, 0.05) is 44.1 Å². The molecule has 0 radical (unpaired) electrons. The molecule has 128 valence electrons. The van der Waals surface area contributed by atoms with Gasteiger partial charge in [0.2, 0.25) is 0 Å². The lowest BCUT2D eigenvalue weighted by Crippen LogP contribution is -2.50. The van der Waals surface area contributed by atoms with E-state index in [0.717, 1.165) is 18.4 Å². The third-order valence-electron chi connectivity index (χ3n) is 5.11. The number of amides is 2. The fraction of sp³-hybridized carbons (Fsp3) is 0.350. The van der Waals surface area contributed by atoms with Crippen molar-refractivity contribution in [2.24, 2.45) is 0 Å². The lowest BCUT2D eigenvalue weighted by Gasteiger charge is -2.34. The van der Waals surface area contributed by atoms with E-state index < -0.39 is 0 Å². The number of nitrogens with zero attached hydrogens (tertiary/aromatic N) is 3. The molecule has 1 aromatic heterocycles. The molecule has 2 aromatic rings. The molecule has 2 amide bonds. The summed E-state index contributed by atoms with van der Waals surface area (Å²) in [6.07, 6.45) is 6.62. The predicted octanol–water partition coefficient (Wildman–Crippen LogP) is 2.17. The maximum atomic E-state index is 12.8. The normalized spacial score (nSPS) is 16.6. The van der Waals surface area contributed by atoms with Crippen molar-refractivity contribution >= 4 is 11.8 Å². The highest BCUT2D eigenvalue weighted by Gasteiger charge is 2.26. The largest absolute Gasteiger partial charge is 0.335 e. The van der Waals surface area contributed by atoms with E-state index in [0.29, 0.717) is 31.7 Å². The topological polar surface area (TPSA) is 53.5 Å². The zero-order chi connectivity index (χ0) is 17.2. The number of rotatable bonds is 2. The van der Waals surface area contributed by atoms with Gasteiger partial charge in [-0.2, -0.15) is 0 Å². The first kappa shape index (κ1) is 15.8. The molecule has 1 aliphatic carbocycles. The first-order valence-corrected chi connectivity index (χ1v) is 8.83. The highest BCUT2D eigenvalue weighted by Crippen LogP contribution is 2.23. The summed E-state index contributed by atoms with van der Waals surface area (Å²) in [7, 11) is 0. The molecule has 1 aliphatic heterocycles. The van der Waals surface area contributed by atoms with Crippen molar-refractivity contribution in [3.8, 4) is 0 Å². The molecule has 1 fully saturated rings. The second-order valence-corrected chi connectivity index (χ2v) is 6.66. The van der Waals surface area contributed by atoms with Crippen LogP contribution in [0, 0.1) is 0 Å². The van der Waals surface area contributed by atoms with Crippen LogP contribution in [-0.2, 0) is 12.8 Å². The maximum absolute atomic E-state index is 12.8. The Kier molecular flexibility index (Phi) is 4.22. The van der Waals surface area contributed by atoms with E-state index in [1.807, 2.05) is 11.0 Å². The van der Waals surface area contributed by atoms with E-state index in [4.69, 9.17) is 0 Å². The quantitative estimate of drug-likeness (QED) is 0.845. The van der Waals surface area contributed by atoms with E-state index in [2.05, 4.69) is 17.1 Å². The molecule has 0 spiro atoms. The van der Waals surface area contributed by atoms with Crippen LogP contribution in [0.3, 0.4) is 0 Å². The molecular formula is C20H21N3O2. The molecule has 5 nitrogen and oxygen atoms in total. The molecule has 1 aromatic carbocycles. The SMILES string of the molecule is O=C(c1cccnc1)N1CCN(C(=O)c2ccc3c(c2)CCC3)CC1. The summed E-state index contributed by atoms with van der Waals surface area (Å²) in [6.45, 7) is 2.26. The number of fused-ring (bicyclic) bond motifs is 1. The van der Waals surface area contributed by atoms with Crippen molar-refractivity contribution in [3.63, 3.8) is 0 Å². The second kappa shape index (κ2) is 6.67.